The Bertz CT molecular complexity index is 323. The van der Waals surface area contributed by atoms with Crippen molar-refractivity contribution >= 4 is 21.7 Å². The van der Waals surface area contributed by atoms with Crippen molar-refractivity contribution in [1.29, 1.82) is 0 Å². The molecule has 16 heavy (non-hydrogen) atoms. The molecular formula is C13H19BrN2. The van der Waals surface area contributed by atoms with Crippen molar-refractivity contribution in [3.8, 4) is 0 Å². The van der Waals surface area contributed by atoms with E-state index in [1.807, 2.05) is 6.20 Å². The fourth-order valence-corrected chi connectivity index (χ4v) is 2.51. The maximum Gasteiger partial charge on any atom is 0.128 e. The summed E-state index contributed by atoms with van der Waals surface area (Å²) in [4.78, 5) is 6.95. The second-order valence-electron chi connectivity index (χ2n) is 4.68. The van der Waals surface area contributed by atoms with Gasteiger partial charge in [0.1, 0.15) is 5.82 Å². The molecule has 0 aliphatic carbocycles. The molecule has 0 amide bonds. The molecule has 0 spiro atoms. The van der Waals surface area contributed by atoms with E-state index in [4.69, 9.17) is 0 Å². The Morgan fingerprint density at radius 1 is 1.38 bits per heavy atom. The molecule has 1 aliphatic heterocycles. The Balaban J connectivity index is 2.04. The summed E-state index contributed by atoms with van der Waals surface area (Å²) in [6.45, 7) is 4.66. The topological polar surface area (TPSA) is 16.1 Å². The molecule has 3 heteroatoms. The number of nitrogens with zero attached hydrogens (tertiary/aromatic N) is 2. The van der Waals surface area contributed by atoms with Crippen LogP contribution in [0.4, 0.5) is 5.82 Å². The predicted octanol–water partition coefficient (Wildman–Crippen LogP) is 3.60. The molecule has 88 valence electrons. The minimum Gasteiger partial charge on any atom is -0.357 e. The third kappa shape index (κ3) is 2.97. The SMILES string of the molecule is CC1CCCN(c2ccc(CBr)cn2)CC1. The van der Waals surface area contributed by atoms with E-state index in [2.05, 4.69) is 44.9 Å². The molecule has 0 radical (unpaired) electrons. The van der Waals surface area contributed by atoms with E-state index in [-0.39, 0.29) is 0 Å². The number of alkyl halides is 1. The largest absolute Gasteiger partial charge is 0.357 e. The molecule has 2 rings (SSSR count). The molecule has 1 unspecified atom stereocenters. The minimum absolute atomic E-state index is 0.867. The van der Waals surface area contributed by atoms with Gasteiger partial charge in [0.15, 0.2) is 0 Å². The Hall–Kier alpha value is -0.570. The van der Waals surface area contributed by atoms with Crippen LogP contribution in [0.15, 0.2) is 18.3 Å². The maximum absolute atomic E-state index is 4.54. The summed E-state index contributed by atoms with van der Waals surface area (Å²) < 4.78 is 0. The second-order valence-corrected chi connectivity index (χ2v) is 5.24. The fraction of sp³-hybridized carbons (Fsp3) is 0.615. The number of aromatic nitrogens is 1. The number of halogens is 1. The van der Waals surface area contributed by atoms with Gasteiger partial charge in [-0.1, -0.05) is 28.9 Å². The summed E-state index contributed by atoms with van der Waals surface area (Å²) in [5.74, 6) is 2.01. The molecule has 2 nitrogen and oxygen atoms in total. The molecule has 1 aliphatic rings. The van der Waals surface area contributed by atoms with Crippen LogP contribution in [0.1, 0.15) is 31.7 Å². The first-order valence-electron chi connectivity index (χ1n) is 6.05. The first-order chi connectivity index (χ1) is 7.79. The normalized spacial score (nSPS) is 21.9. The zero-order valence-electron chi connectivity index (χ0n) is 9.82. The van der Waals surface area contributed by atoms with Crippen LogP contribution in [0.2, 0.25) is 0 Å². The van der Waals surface area contributed by atoms with E-state index in [1.54, 1.807) is 0 Å². The Morgan fingerprint density at radius 2 is 2.25 bits per heavy atom. The summed E-state index contributed by atoms with van der Waals surface area (Å²) in [5.41, 5.74) is 1.24. The molecule has 0 saturated carbocycles. The third-order valence-electron chi connectivity index (χ3n) is 3.30. The standard InChI is InChI=1S/C13H19BrN2/c1-11-3-2-7-16(8-6-11)13-5-4-12(9-14)10-15-13/h4-5,10-11H,2-3,6-9H2,1H3. The van der Waals surface area contributed by atoms with Crippen molar-refractivity contribution in [3.63, 3.8) is 0 Å². The molecule has 1 aromatic heterocycles. The number of hydrogen-bond acceptors (Lipinski definition) is 2. The lowest BCUT2D eigenvalue weighted by molar-refractivity contribution is 0.521. The van der Waals surface area contributed by atoms with Gasteiger partial charge in [-0.25, -0.2) is 4.98 Å². The summed E-state index contributed by atoms with van der Waals surface area (Å²) in [6.07, 6.45) is 5.92. The lowest BCUT2D eigenvalue weighted by Gasteiger charge is -2.21. The van der Waals surface area contributed by atoms with E-state index in [1.165, 1.54) is 24.8 Å². The van der Waals surface area contributed by atoms with Crippen molar-refractivity contribution in [2.45, 2.75) is 31.5 Å². The average Bonchev–Trinajstić information content (AvgIpc) is 2.54. The van der Waals surface area contributed by atoms with Gasteiger partial charge in [0, 0.05) is 24.6 Å². The second kappa shape index (κ2) is 5.67. The van der Waals surface area contributed by atoms with Crippen LogP contribution in [-0.4, -0.2) is 18.1 Å². The van der Waals surface area contributed by atoms with Crippen LogP contribution in [0.3, 0.4) is 0 Å². The first-order valence-corrected chi connectivity index (χ1v) is 7.17. The van der Waals surface area contributed by atoms with E-state index in [9.17, 15) is 0 Å². The van der Waals surface area contributed by atoms with Gasteiger partial charge < -0.3 is 4.90 Å². The van der Waals surface area contributed by atoms with Crippen LogP contribution in [0.5, 0.6) is 0 Å². The van der Waals surface area contributed by atoms with Gasteiger partial charge in [0.25, 0.3) is 0 Å². The van der Waals surface area contributed by atoms with Crippen LogP contribution in [0.25, 0.3) is 0 Å². The number of hydrogen-bond donors (Lipinski definition) is 0. The van der Waals surface area contributed by atoms with E-state index < -0.39 is 0 Å². The molecule has 0 N–H and O–H groups in total. The molecule has 0 bridgehead atoms. The summed E-state index contributed by atoms with van der Waals surface area (Å²) in [5, 5.41) is 0.886. The van der Waals surface area contributed by atoms with Gasteiger partial charge in [-0.2, -0.15) is 0 Å². The fourth-order valence-electron chi connectivity index (χ4n) is 2.17. The molecule has 0 aromatic carbocycles. The van der Waals surface area contributed by atoms with Crippen LogP contribution >= 0.6 is 15.9 Å². The zero-order valence-corrected chi connectivity index (χ0v) is 11.4. The highest BCUT2D eigenvalue weighted by Crippen LogP contribution is 2.21. The van der Waals surface area contributed by atoms with Gasteiger partial charge in [0.05, 0.1) is 0 Å². The van der Waals surface area contributed by atoms with Gasteiger partial charge >= 0.3 is 0 Å². The summed E-state index contributed by atoms with van der Waals surface area (Å²) >= 11 is 3.44. The first kappa shape index (κ1) is 11.9. The van der Waals surface area contributed by atoms with Gasteiger partial charge in [-0.15, -0.1) is 0 Å². The van der Waals surface area contributed by atoms with Crippen LogP contribution < -0.4 is 4.90 Å². The lowest BCUT2D eigenvalue weighted by Crippen LogP contribution is -2.25. The van der Waals surface area contributed by atoms with E-state index in [0.29, 0.717) is 0 Å². The highest BCUT2D eigenvalue weighted by molar-refractivity contribution is 9.08. The molecule has 1 atom stereocenters. The van der Waals surface area contributed by atoms with Crippen molar-refractivity contribution in [2.24, 2.45) is 5.92 Å². The molecule has 1 aromatic rings. The molecular weight excluding hydrogens is 264 g/mol. The van der Waals surface area contributed by atoms with E-state index >= 15 is 0 Å². The van der Waals surface area contributed by atoms with Crippen molar-refractivity contribution in [1.82, 2.24) is 4.98 Å². The quantitative estimate of drug-likeness (QED) is 0.771. The van der Waals surface area contributed by atoms with Crippen molar-refractivity contribution in [3.05, 3.63) is 23.9 Å². The van der Waals surface area contributed by atoms with Crippen molar-refractivity contribution in [2.75, 3.05) is 18.0 Å². The lowest BCUT2D eigenvalue weighted by atomic mass is 10.0. The molecule has 1 fully saturated rings. The highest BCUT2D eigenvalue weighted by atomic mass is 79.9. The summed E-state index contributed by atoms with van der Waals surface area (Å²) in [6, 6.07) is 4.30. The monoisotopic (exact) mass is 282 g/mol. The average molecular weight is 283 g/mol. The molecule has 2 heterocycles. The van der Waals surface area contributed by atoms with E-state index in [0.717, 1.165) is 30.2 Å². The minimum atomic E-state index is 0.867. The third-order valence-corrected chi connectivity index (χ3v) is 3.95. The smallest absolute Gasteiger partial charge is 0.128 e. The number of rotatable bonds is 2. The van der Waals surface area contributed by atoms with Crippen LogP contribution in [-0.2, 0) is 5.33 Å². The predicted molar refractivity (Wildman–Crippen MR) is 72.1 cm³/mol. The summed E-state index contributed by atoms with van der Waals surface area (Å²) in [7, 11) is 0. The van der Waals surface area contributed by atoms with Gasteiger partial charge in [-0.3, -0.25) is 0 Å². The Morgan fingerprint density at radius 3 is 2.94 bits per heavy atom. The Labute approximate surface area is 106 Å². The van der Waals surface area contributed by atoms with Crippen LogP contribution in [0, 0.1) is 5.92 Å². The zero-order chi connectivity index (χ0) is 11.4. The van der Waals surface area contributed by atoms with Crippen molar-refractivity contribution < 1.29 is 0 Å². The molecule has 1 saturated heterocycles. The van der Waals surface area contributed by atoms with Gasteiger partial charge in [-0.05, 0) is 36.8 Å². The Kier molecular flexibility index (Phi) is 4.22. The number of anilines is 1. The maximum atomic E-state index is 4.54. The highest BCUT2D eigenvalue weighted by Gasteiger charge is 2.14. The van der Waals surface area contributed by atoms with Gasteiger partial charge in [0.2, 0.25) is 0 Å². The number of pyridine rings is 1.